The van der Waals surface area contributed by atoms with Crippen molar-refractivity contribution in [2.45, 2.75) is 25.7 Å². The second-order valence-electron chi connectivity index (χ2n) is 6.53. The Bertz CT molecular complexity index is 739. The van der Waals surface area contributed by atoms with Gasteiger partial charge in [0.15, 0.2) is 18.2 Å². The van der Waals surface area contributed by atoms with E-state index in [0.29, 0.717) is 24.8 Å². The number of rotatable bonds is 5. The van der Waals surface area contributed by atoms with E-state index in [1.54, 1.807) is 29.4 Å². The lowest BCUT2D eigenvalue weighted by atomic mass is 9.95. The number of benzene rings is 1. The molecule has 6 nitrogen and oxygen atoms in total. The lowest BCUT2D eigenvalue weighted by molar-refractivity contribution is -0.133. The van der Waals surface area contributed by atoms with Crippen LogP contribution in [0.3, 0.4) is 0 Å². The van der Waals surface area contributed by atoms with Gasteiger partial charge in [-0.3, -0.25) is 9.78 Å². The fourth-order valence-electron chi connectivity index (χ4n) is 3.18. The van der Waals surface area contributed by atoms with Crippen molar-refractivity contribution in [3.63, 3.8) is 0 Å². The molecule has 26 heavy (non-hydrogen) atoms. The Kier molecular flexibility index (Phi) is 5.99. The Morgan fingerprint density at radius 1 is 1.23 bits per heavy atom. The Hall–Kier alpha value is -2.70. The summed E-state index contributed by atoms with van der Waals surface area (Å²) in [5.74, 6) is 0.414. The van der Waals surface area contributed by atoms with Crippen molar-refractivity contribution in [1.29, 1.82) is 0 Å². The molecule has 1 aliphatic heterocycles. The third-order valence-corrected chi connectivity index (χ3v) is 4.61. The number of nitrogens with zero attached hydrogens (tertiary/aromatic N) is 3. The van der Waals surface area contributed by atoms with E-state index in [1.165, 1.54) is 12.1 Å². The molecule has 1 saturated heterocycles. The fourth-order valence-corrected chi connectivity index (χ4v) is 3.18. The maximum absolute atomic E-state index is 13.6. The molecule has 0 aliphatic carbocycles. The van der Waals surface area contributed by atoms with Crippen LogP contribution in [0.4, 0.5) is 10.2 Å². The lowest BCUT2D eigenvalue weighted by Gasteiger charge is -2.21. The van der Waals surface area contributed by atoms with E-state index in [4.69, 9.17) is 10.5 Å². The zero-order valence-electron chi connectivity index (χ0n) is 14.6. The molecule has 0 radical (unpaired) electrons. The highest BCUT2D eigenvalue weighted by Gasteiger charge is 2.21. The summed E-state index contributed by atoms with van der Waals surface area (Å²) in [6, 6.07) is 6.11. The van der Waals surface area contributed by atoms with Gasteiger partial charge in [0, 0.05) is 13.1 Å². The van der Waals surface area contributed by atoms with Gasteiger partial charge in [-0.15, -0.1) is 0 Å². The maximum atomic E-state index is 13.6. The van der Waals surface area contributed by atoms with E-state index in [2.05, 4.69) is 9.97 Å². The van der Waals surface area contributed by atoms with E-state index in [1.807, 2.05) is 0 Å². The average molecular weight is 358 g/mol. The second-order valence-corrected chi connectivity index (χ2v) is 6.53. The molecule has 2 N–H and O–H groups in total. The smallest absolute Gasteiger partial charge is 0.260 e. The monoisotopic (exact) mass is 358 g/mol. The highest BCUT2D eigenvalue weighted by molar-refractivity contribution is 5.77. The summed E-state index contributed by atoms with van der Waals surface area (Å²) in [5.41, 5.74) is 6.49. The van der Waals surface area contributed by atoms with Crippen molar-refractivity contribution in [3.8, 4) is 5.75 Å². The molecule has 0 bridgehead atoms. The summed E-state index contributed by atoms with van der Waals surface area (Å²) in [4.78, 5) is 22.6. The number of nitrogen functional groups attached to an aromatic ring is 1. The van der Waals surface area contributed by atoms with Gasteiger partial charge in [-0.1, -0.05) is 12.1 Å². The number of hydrogen-bond donors (Lipinski definition) is 1. The summed E-state index contributed by atoms with van der Waals surface area (Å²) in [6.07, 6.45) is 6.98. The molecular weight excluding hydrogens is 335 g/mol. The summed E-state index contributed by atoms with van der Waals surface area (Å²) in [5, 5.41) is 0. The maximum Gasteiger partial charge on any atom is 0.260 e. The van der Waals surface area contributed by atoms with Crippen LogP contribution in [-0.4, -0.2) is 40.5 Å². The zero-order valence-corrected chi connectivity index (χ0v) is 14.6. The van der Waals surface area contributed by atoms with Crippen LogP contribution in [-0.2, 0) is 11.2 Å². The molecule has 2 heterocycles. The number of anilines is 1. The van der Waals surface area contributed by atoms with Gasteiger partial charge >= 0.3 is 0 Å². The second kappa shape index (κ2) is 8.60. The van der Waals surface area contributed by atoms with Crippen molar-refractivity contribution in [2.24, 2.45) is 5.92 Å². The first kappa shape index (κ1) is 18.1. The van der Waals surface area contributed by atoms with E-state index < -0.39 is 5.82 Å². The van der Waals surface area contributed by atoms with Crippen LogP contribution in [0, 0.1) is 11.7 Å². The van der Waals surface area contributed by atoms with Gasteiger partial charge in [-0.05, 0) is 43.7 Å². The first-order valence-electron chi connectivity index (χ1n) is 8.83. The van der Waals surface area contributed by atoms with Crippen LogP contribution >= 0.6 is 0 Å². The van der Waals surface area contributed by atoms with Crippen LogP contribution in [0.25, 0.3) is 0 Å². The molecule has 3 rings (SSSR count). The number of hydrogen-bond acceptors (Lipinski definition) is 5. The fraction of sp³-hybridized carbons (Fsp3) is 0.421. The number of amides is 1. The van der Waals surface area contributed by atoms with Gasteiger partial charge in [-0.25, -0.2) is 9.37 Å². The Morgan fingerprint density at radius 3 is 2.85 bits per heavy atom. The molecule has 7 heteroatoms. The van der Waals surface area contributed by atoms with Gasteiger partial charge in [0.2, 0.25) is 0 Å². The first-order valence-corrected chi connectivity index (χ1v) is 8.83. The normalized spacial score (nSPS) is 17.6. The molecule has 1 aromatic carbocycles. The predicted octanol–water partition coefficient (Wildman–Crippen LogP) is 2.45. The molecule has 1 atom stereocenters. The molecule has 1 aromatic heterocycles. The largest absolute Gasteiger partial charge is 0.481 e. The van der Waals surface area contributed by atoms with Crippen molar-refractivity contribution < 1.29 is 13.9 Å². The molecule has 1 aliphatic rings. The first-order chi connectivity index (χ1) is 12.6. The number of halogens is 1. The molecule has 0 spiro atoms. The number of carbonyl (C=O) groups is 1. The predicted molar refractivity (Wildman–Crippen MR) is 96.0 cm³/mol. The number of likely N-dealkylation sites (tertiary alicyclic amines) is 1. The van der Waals surface area contributed by atoms with Gasteiger partial charge < -0.3 is 15.4 Å². The quantitative estimate of drug-likeness (QED) is 0.888. The standard InChI is InChI=1S/C19H23FN4O2/c20-16-5-1-2-6-17(16)26-13-19(25)24-8-3-4-14(7-9-24)10-15-11-23-18(21)12-22-15/h1-2,5-6,11-12,14H,3-4,7-10,13H2,(H2,21,23). The summed E-state index contributed by atoms with van der Waals surface area (Å²) in [6.45, 7) is 1.23. The Morgan fingerprint density at radius 2 is 2.08 bits per heavy atom. The van der Waals surface area contributed by atoms with Crippen LogP contribution in [0.2, 0.25) is 0 Å². The minimum absolute atomic E-state index is 0.107. The van der Waals surface area contributed by atoms with Crippen molar-refractivity contribution in [2.75, 3.05) is 25.4 Å². The topological polar surface area (TPSA) is 81.3 Å². The van der Waals surface area contributed by atoms with E-state index >= 15 is 0 Å². The molecule has 138 valence electrons. The summed E-state index contributed by atoms with van der Waals surface area (Å²) < 4.78 is 18.9. The number of para-hydroxylation sites is 1. The van der Waals surface area contributed by atoms with Crippen molar-refractivity contribution in [3.05, 3.63) is 48.2 Å². The van der Waals surface area contributed by atoms with E-state index in [9.17, 15) is 9.18 Å². The van der Waals surface area contributed by atoms with Gasteiger partial charge in [0.1, 0.15) is 5.82 Å². The van der Waals surface area contributed by atoms with Gasteiger partial charge in [-0.2, -0.15) is 0 Å². The third-order valence-electron chi connectivity index (χ3n) is 4.61. The SMILES string of the molecule is Nc1cnc(CC2CCCN(C(=O)COc3ccccc3F)CC2)cn1. The minimum atomic E-state index is -0.458. The van der Waals surface area contributed by atoms with Crippen LogP contribution in [0.1, 0.15) is 25.0 Å². The van der Waals surface area contributed by atoms with Crippen molar-refractivity contribution in [1.82, 2.24) is 14.9 Å². The van der Waals surface area contributed by atoms with Crippen LogP contribution < -0.4 is 10.5 Å². The number of nitrogens with two attached hydrogens (primary N) is 1. The van der Waals surface area contributed by atoms with E-state index in [-0.39, 0.29) is 18.3 Å². The molecule has 1 unspecified atom stereocenters. The average Bonchev–Trinajstić information content (AvgIpc) is 2.88. The van der Waals surface area contributed by atoms with Crippen LogP contribution in [0.5, 0.6) is 5.75 Å². The number of aromatic nitrogens is 2. The molecule has 1 fully saturated rings. The highest BCUT2D eigenvalue weighted by Crippen LogP contribution is 2.22. The zero-order chi connectivity index (χ0) is 18.4. The Balaban J connectivity index is 1.49. The third kappa shape index (κ3) is 4.91. The highest BCUT2D eigenvalue weighted by atomic mass is 19.1. The number of carbonyl (C=O) groups excluding carboxylic acids is 1. The minimum Gasteiger partial charge on any atom is -0.481 e. The summed E-state index contributed by atoms with van der Waals surface area (Å²) in [7, 11) is 0. The number of ether oxygens (including phenoxy) is 1. The van der Waals surface area contributed by atoms with Crippen LogP contribution in [0.15, 0.2) is 36.7 Å². The van der Waals surface area contributed by atoms with E-state index in [0.717, 1.165) is 31.4 Å². The molecular formula is C19H23FN4O2. The Labute approximate surface area is 152 Å². The molecule has 1 amide bonds. The summed E-state index contributed by atoms with van der Waals surface area (Å²) >= 11 is 0. The van der Waals surface area contributed by atoms with Gasteiger partial charge in [0.05, 0.1) is 18.1 Å². The lowest BCUT2D eigenvalue weighted by Crippen LogP contribution is -2.35. The van der Waals surface area contributed by atoms with Crippen molar-refractivity contribution >= 4 is 11.7 Å². The van der Waals surface area contributed by atoms with Gasteiger partial charge in [0.25, 0.3) is 5.91 Å². The molecule has 0 saturated carbocycles. The molecule has 2 aromatic rings.